The Morgan fingerprint density at radius 1 is 1.38 bits per heavy atom. The van der Waals surface area contributed by atoms with Crippen molar-refractivity contribution in [2.45, 2.75) is 33.7 Å². The van der Waals surface area contributed by atoms with Gasteiger partial charge in [-0.1, -0.05) is 19.9 Å². The maximum atomic E-state index is 12.1. The van der Waals surface area contributed by atoms with Crippen molar-refractivity contribution >= 4 is 17.5 Å². The highest BCUT2D eigenvalue weighted by atomic mass is 16.5. The second-order valence-corrected chi connectivity index (χ2v) is 5.84. The molecule has 2 amide bonds. The van der Waals surface area contributed by atoms with Crippen molar-refractivity contribution in [3.05, 3.63) is 23.8 Å². The molecule has 2 rings (SSSR count). The summed E-state index contributed by atoms with van der Waals surface area (Å²) in [6, 6.07) is 5.70. The molecule has 0 saturated heterocycles. The number of amides is 2. The fourth-order valence-corrected chi connectivity index (χ4v) is 2.10. The van der Waals surface area contributed by atoms with Crippen LogP contribution in [-0.2, 0) is 9.59 Å². The minimum Gasteiger partial charge on any atom is -0.482 e. The van der Waals surface area contributed by atoms with Gasteiger partial charge < -0.3 is 10.1 Å². The average molecular weight is 290 g/mol. The van der Waals surface area contributed by atoms with Gasteiger partial charge in [-0.05, 0) is 37.5 Å². The van der Waals surface area contributed by atoms with E-state index in [1.165, 1.54) is 4.90 Å². The third kappa shape index (κ3) is 3.54. The molecule has 1 aliphatic rings. The summed E-state index contributed by atoms with van der Waals surface area (Å²) in [4.78, 5) is 25.7. The largest absolute Gasteiger partial charge is 0.482 e. The maximum absolute atomic E-state index is 12.1. The molecule has 0 fully saturated rings. The normalized spacial score (nSPS) is 15.5. The Labute approximate surface area is 125 Å². The number of nitrogens with one attached hydrogen (secondary N) is 1. The number of ether oxygens (including phenoxy) is 1. The zero-order chi connectivity index (χ0) is 15.6. The zero-order valence-electron chi connectivity index (χ0n) is 13.0. The molecule has 1 aromatic carbocycles. The lowest BCUT2D eigenvalue weighted by molar-refractivity contribution is -0.125. The van der Waals surface area contributed by atoms with Crippen molar-refractivity contribution in [1.82, 2.24) is 5.32 Å². The number of nitrogens with zero attached hydrogens (tertiary/aromatic N) is 1. The summed E-state index contributed by atoms with van der Waals surface area (Å²) < 4.78 is 5.40. The molecule has 1 N–H and O–H groups in total. The zero-order valence-corrected chi connectivity index (χ0v) is 13.0. The van der Waals surface area contributed by atoms with Crippen molar-refractivity contribution in [3.8, 4) is 5.75 Å². The number of hydrogen-bond acceptors (Lipinski definition) is 3. The highest BCUT2D eigenvalue weighted by molar-refractivity contribution is 6.02. The highest BCUT2D eigenvalue weighted by Gasteiger charge is 2.27. The first-order chi connectivity index (χ1) is 9.88. The first-order valence-corrected chi connectivity index (χ1v) is 7.21. The van der Waals surface area contributed by atoms with E-state index in [-0.39, 0.29) is 31.0 Å². The predicted octanol–water partition coefficient (Wildman–Crippen LogP) is 1.88. The Morgan fingerprint density at radius 3 is 2.76 bits per heavy atom. The third-order valence-corrected chi connectivity index (χ3v) is 3.75. The second-order valence-electron chi connectivity index (χ2n) is 5.84. The van der Waals surface area contributed by atoms with Crippen molar-refractivity contribution < 1.29 is 14.3 Å². The molecule has 0 radical (unpaired) electrons. The van der Waals surface area contributed by atoms with Crippen LogP contribution in [0.3, 0.4) is 0 Å². The summed E-state index contributed by atoms with van der Waals surface area (Å²) in [7, 11) is 0. The lowest BCUT2D eigenvalue weighted by atomic mass is 10.1. The number of carbonyl (C=O) groups excluding carboxylic acids is 2. The second kappa shape index (κ2) is 6.16. The van der Waals surface area contributed by atoms with Crippen LogP contribution < -0.4 is 15.0 Å². The van der Waals surface area contributed by atoms with Crippen molar-refractivity contribution in [3.63, 3.8) is 0 Å². The van der Waals surface area contributed by atoms with E-state index >= 15 is 0 Å². The van der Waals surface area contributed by atoms with E-state index < -0.39 is 0 Å². The van der Waals surface area contributed by atoms with Gasteiger partial charge in [0.2, 0.25) is 5.91 Å². The molecule has 1 unspecified atom stereocenters. The SMILES string of the molecule is Cc1ccc2c(c1)N(CC(=O)NC(C)C(C)C)C(=O)CO2. The Kier molecular flexibility index (Phi) is 4.50. The van der Waals surface area contributed by atoms with E-state index in [2.05, 4.69) is 5.32 Å². The van der Waals surface area contributed by atoms with Crippen LogP contribution in [0.5, 0.6) is 5.75 Å². The van der Waals surface area contributed by atoms with Crippen LogP contribution in [-0.4, -0.2) is 31.0 Å². The van der Waals surface area contributed by atoms with Crippen LogP contribution in [0.15, 0.2) is 18.2 Å². The molecule has 0 spiro atoms. The van der Waals surface area contributed by atoms with Crippen LogP contribution in [0.4, 0.5) is 5.69 Å². The molecule has 0 aliphatic carbocycles. The number of rotatable bonds is 4. The molecule has 114 valence electrons. The molecule has 1 atom stereocenters. The molecular formula is C16H22N2O3. The molecule has 0 bridgehead atoms. The van der Waals surface area contributed by atoms with Crippen molar-refractivity contribution in [2.75, 3.05) is 18.1 Å². The van der Waals surface area contributed by atoms with E-state index in [4.69, 9.17) is 4.74 Å². The molecule has 1 aromatic rings. The van der Waals surface area contributed by atoms with Crippen molar-refractivity contribution in [1.29, 1.82) is 0 Å². The Bertz CT molecular complexity index is 554. The van der Waals surface area contributed by atoms with E-state index in [0.29, 0.717) is 17.4 Å². The first-order valence-electron chi connectivity index (χ1n) is 7.21. The minimum atomic E-state index is -0.194. The lowest BCUT2D eigenvalue weighted by Crippen LogP contribution is -2.47. The van der Waals surface area contributed by atoms with Gasteiger partial charge in [-0.25, -0.2) is 0 Å². The molecule has 1 heterocycles. The topological polar surface area (TPSA) is 58.6 Å². The number of fused-ring (bicyclic) bond motifs is 1. The van der Waals surface area contributed by atoms with Gasteiger partial charge in [0, 0.05) is 6.04 Å². The molecular weight excluding hydrogens is 268 g/mol. The van der Waals surface area contributed by atoms with Gasteiger partial charge in [0.1, 0.15) is 12.3 Å². The standard InChI is InChI=1S/C16H22N2O3/c1-10(2)12(4)17-15(19)8-18-13-7-11(3)5-6-14(13)21-9-16(18)20/h5-7,10,12H,8-9H2,1-4H3,(H,17,19). The number of carbonyl (C=O) groups is 2. The lowest BCUT2D eigenvalue weighted by Gasteiger charge is -2.30. The van der Waals surface area contributed by atoms with Gasteiger partial charge in [0.25, 0.3) is 5.91 Å². The Hall–Kier alpha value is -2.04. The molecule has 5 nitrogen and oxygen atoms in total. The molecule has 0 aromatic heterocycles. The Morgan fingerprint density at radius 2 is 2.10 bits per heavy atom. The Balaban J connectivity index is 2.14. The predicted molar refractivity (Wildman–Crippen MR) is 81.5 cm³/mol. The van der Waals surface area contributed by atoms with Gasteiger partial charge >= 0.3 is 0 Å². The van der Waals surface area contributed by atoms with Gasteiger partial charge in [-0.2, -0.15) is 0 Å². The average Bonchev–Trinajstić information content (AvgIpc) is 2.42. The maximum Gasteiger partial charge on any atom is 0.265 e. The van der Waals surface area contributed by atoms with Crippen LogP contribution in [0, 0.1) is 12.8 Å². The highest BCUT2D eigenvalue weighted by Crippen LogP contribution is 2.32. The van der Waals surface area contributed by atoms with E-state index in [0.717, 1.165) is 5.56 Å². The van der Waals surface area contributed by atoms with Gasteiger partial charge in [-0.3, -0.25) is 14.5 Å². The van der Waals surface area contributed by atoms with Crippen LogP contribution >= 0.6 is 0 Å². The van der Waals surface area contributed by atoms with E-state index in [1.54, 1.807) is 0 Å². The number of hydrogen-bond donors (Lipinski definition) is 1. The summed E-state index contributed by atoms with van der Waals surface area (Å²) >= 11 is 0. The van der Waals surface area contributed by atoms with Crippen molar-refractivity contribution in [2.24, 2.45) is 5.92 Å². The molecule has 5 heteroatoms. The van der Waals surface area contributed by atoms with E-state index in [9.17, 15) is 9.59 Å². The van der Waals surface area contributed by atoms with Gasteiger partial charge in [0.15, 0.2) is 6.61 Å². The van der Waals surface area contributed by atoms with Gasteiger partial charge in [0.05, 0.1) is 5.69 Å². The minimum absolute atomic E-state index is 0.0235. The van der Waals surface area contributed by atoms with Crippen LogP contribution in [0.2, 0.25) is 0 Å². The summed E-state index contributed by atoms with van der Waals surface area (Å²) in [6.07, 6.45) is 0. The molecule has 21 heavy (non-hydrogen) atoms. The monoisotopic (exact) mass is 290 g/mol. The number of anilines is 1. The summed E-state index contributed by atoms with van der Waals surface area (Å²) in [5.41, 5.74) is 1.69. The first kappa shape index (κ1) is 15.4. The molecule has 0 saturated carbocycles. The smallest absolute Gasteiger partial charge is 0.265 e. The molecule has 1 aliphatic heterocycles. The number of aryl methyl sites for hydroxylation is 1. The summed E-state index contributed by atoms with van der Waals surface area (Å²) in [5, 5.41) is 2.92. The van der Waals surface area contributed by atoms with Crippen LogP contribution in [0.25, 0.3) is 0 Å². The summed E-state index contributed by atoms with van der Waals surface area (Å²) in [5.74, 6) is 0.646. The quantitative estimate of drug-likeness (QED) is 0.921. The summed E-state index contributed by atoms with van der Waals surface area (Å²) in [6.45, 7) is 7.99. The third-order valence-electron chi connectivity index (χ3n) is 3.75. The fourth-order valence-electron chi connectivity index (χ4n) is 2.10. The number of benzene rings is 1. The van der Waals surface area contributed by atoms with Crippen LogP contribution in [0.1, 0.15) is 26.3 Å². The fraction of sp³-hybridized carbons (Fsp3) is 0.500. The van der Waals surface area contributed by atoms with E-state index in [1.807, 2.05) is 45.9 Å². The van der Waals surface area contributed by atoms with Gasteiger partial charge in [-0.15, -0.1) is 0 Å².